The van der Waals surface area contributed by atoms with Gasteiger partial charge in [-0.25, -0.2) is 0 Å². The summed E-state index contributed by atoms with van der Waals surface area (Å²) in [6.07, 6.45) is 2.73. The lowest BCUT2D eigenvalue weighted by molar-refractivity contribution is -0.116. The van der Waals surface area contributed by atoms with Crippen LogP contribution in [0.2, 0.25) is 0 Å². The van der Waals surface area contributed by atoms with Crippen molar-refractivity contribution in [3.8, 4) is 0 Å². The summed E-state index contributed by atoms with van der Waals surface area (Å²) in [6.45, 7) is 1.63. The Labute approximate surface area is 58.0 Å². The molecular formula is C5H10OS2. The van der Waals surface area contributed by atoms with Gasteiger partial charge in [-0.3, -0.25) is 4.79 Å². The maximum absolute atomic E-state index is 10.3. The molecule has 0 aliphatic carbocycles. The van der Waals surface area contributed by atoms with Gasteiger partial charge in [-0.05, 0) is 13.2 Å². The Kier molecular flexibility index (Phi) is 5.76. The van der Waals surface area contributed by atoms with E-state index in [0.717, 1.165) is 5.75 Å². The number of carbonyl (C=O) groups is 1. The fourth-order valence-corrected chi connectivity index (χ4v) is 1.56. The molecule has 0 aliphatic rings. The largest absolute Gasteiger partial charge is 0.300 e. The monoisotopic (exact) mass is 150 g/mol. The first-order valence-electron chi connectivity index (χ1n) is 2.42. The lowest BCUT2D eigenvalue weighted by atomic mass is 10.4. The minimum absolute atomic E-state index is 0.284. The molecule has 0 aromatic heterocycles. The van der Waals surface area contributed by atoms with E-state index in [9.17, 15) is 4.79 Å². The number of rotatable bonds is 4. The number of hydrogen-bond acceptors (Lipinski definition) is 3. The minimum atomic E-state index is 0.284. The summed E-state index contributed by atoms with van der Waals surface area (Å²) in [6, 6.07) is 0. The summed E-state index contributed by atoms with van der Waals surface area (Å²) in [5, 5.41) is 0. The van der Waals surface area contributed by atoms with Crippen molar-refractivity contribution in [3.05, 3.63) is 0 Å². The molecule has 3 heteroatoms. The fourth-order valence-electron chi connectivity index (χ4n) is 0.269. The molecular weight excluding hydrogens is 140 g/mol. The van der Waals surface area contributed by atoms with Crippen LogP contribution in [0, 0.1) is 0 Å². The van der Waals surface area contributed by atoms with Gasteiger partial charge in [-0.1, -0.05) is 21.6 Å². The van der Waals surface area contributed by atoms with Crippen LogP contribution in [0.5, 0.6) is 0 Å². The third-order valence-electron chi connectivity index (χ3n) is 0.655. The van der Waals surface area contributed by atoms with Gasteiger partial charge in [0, 0.05) is 12.2 Å². The van der Waals surface area contributed by atoms with E-state index in [-0.39, 0.29) is 5.78 Å². The van der Waals surface area contributed by atoms with Gasteiger partial charge in [0.2, 0.25) is 0 Å². The maximum Gasteiger partial charge on any atom is 0.130 e. The molecule has 0 saturated heterocycles. The van der Waals surface area contributed by atoms with Crippen molar-refractivity contribution < 1.29 is 4.79 Å². The molecule has 48 valence electrons. The molecule has 8 heavy (non-hydrogen) atoms. The van der Waals surface area contributed by atoms with E-state index < -0.39 is 0 Å². The molecule has 0 N–H and O–H groups in total. The molecule has 0 fully saturated rings. The van der Waals surface area contributed by atoms with Crippen LogP contribution in [0.1, 0.15) is 13.3 Å². The Balaban J connectivity index is 2.82. The van der Waals surface area contributed by atoms with Crippen LogP contribution in [0.3, 0.4) is 0 Å². The normalized spacial score (nSPS) is 9.25. The molecule has 1 nitrogen and oxygen atoms in total. The van der Waals surface area contributed by atoms with Crippen LogP contribution in [0.15, 0.2) is 0 Å². The predicted molar refractivity (Wildman–Crippen MR) is 41.3 cm³/mol. The molecule has 0 atom stereocenters. The zero-order valence-corrected chi connectivity index (χ0v) is 6.77. The van der Waals surface area contributed by atoms with Crippen molar-refractivity contribution in [3.63, 3.8) is 0 Å². The lowest BCUT2D eigenvalue weighted by Crippen LogP contribution is -1.89. The zero-order valence-electron chi connectivity index (χ0n) is 5.14. The van der Waals surface area contributed by atoms with Crippen LogP contribution in [0.25, 0.3) is 0 Å². The average Bonchev–Trinajstić information content (AvgIpc) is 1.66. The summed E-state index contributed by atoms with van der Waals surface area (Å²) in [4.78, 5) is 10.3. The van der Waals surface area contributed by atoms with Crippen molar-refractivity contribution in [2.24, 2.45) is 0 Å². The second-order valence-electron chi connectivity index (χ2n) is 1.44. The Morgan fingerprint density at radius 3 is 2.62 bits per heavy atom. The third-order valence-corrected chi connectivity index (χ3v) is 2.47. The van der Waals surface area contributed by atoms with Crippen molar-refractivity contribution in [2.45, 2.75) is 13.3 Å². The first kappa shape index (κ1) is 8.37. The first-order chi connectivity index (χ1) is 3.77. The van der Waals surface area contributed by atoms with Crippen molar-refractivity contribution in [1.82, 2.24) is 0 Å². The van der Waals surface area contributed by atoms with Gasteiger partial charge in [0.25, 0.3) is 0 Å². The summed E-state index contributed by atoms with van der Waals surface area (Å²) in [5.41, 5.74) is 0. The highest BCUT2D eigenvalue weighted by Crippen LogP contribution is 2.17. The minimum Gasteiger partial charge on any atom is -0.300 e. The van der Waals surface area contributed by atoms with Crippen LogP contribution < -0.4 is 0 Å². The maximum atomic E-state index is 10.3. The van der Waals surface area contributed by atoms with Crippen LogP contribution in [0.4, 0.5) is 0 Å². The molecule has 0 unspecified atom stereocenters. The molecule has 0 amide bonds. The van der Waals surface area contributed by atoms with Crippen molar-refractivity contribution in [1.29, 1.82) is 0 Å². The standard InChI is InChI=1S/C5H10OS2/c1-5(6)3-4-8-7-2/h3-4H2,1-2H3. The molecule has 0 aromatic rings. The SMILES string of the molecule is CSSCCC(C)=O. The van der Waals surface area contributed by atoms with E-state index in [2.05, 4.69) is 0 Å². The first-order valence-corrected chi connectivity index (χ1v) is 5.15. The highest BCUT2D eigenvalue weighted by molar-refractivity contribution is 8.76. The lowest BCUT2D eigenvalue weighted by Gasteiger charge is -1.90. The van der Waals surface area contributed by atoms with Crippen LogP contribution in [-0.2, 0) is 4.79 Å². The van der Waals surface area contributed by atoms with Gasteiger partial charge in [0.15, 0.2) is 0 Å². The van der Waals surface area contributed by atoms with E-state index in [1.54, 1.807) is 28.5 Å². The summed E-state index contributed by atoms with van der Waals surface area (Å²) >= 11 is 0. The Bertz CT molecular complexity index is 72.8. The second kappa shape index (κ2) is 5.51. The molecule has 0 aromatic carbocycles. The van der Waals surface area contributed by atoms with E-state index in [1.165, 1.54) is 0 Å². The summed E-state index contributed by atoms with van der Waals surface area (Å²) in [5.74, 6) is 1.24. The number of hydrogen-bond donors (Lipinski definition) is 0. The Morgan fingerprint density at radius 1 is 1.62 bits per heavy atom. The van der Waals surface area contributed by atoms with Gasteiger partial charge in [0.05, 0.1) is 0 Å². The molecule has 0 aliphatic heterocycles. The third kappa shape index (κ3) is 6.37. The highest BCUT2D eigenvalue weighted by Gasteiger charge is 1.90. The van der Waals surface area contributed by atoms with Gasteiger partial charge in [-0.15, -0.1) is 0 Å². The van der Waals surface area contributed by atoms with Gasteiger partial charge in [0.1, 0.15) is 5.78 Å². The Hall–Kier alpha value is 0.370. The van der Waals surface area contributed by atoms with Crippen molar-refractivity contribution in [2.75, 3.05) is 12.0 Å². The van der Waals surface area contributed by atoms with Gasteiger partial charge in [-0.2, -0.15) is 0 Å². The van der Waals surface area contributed by atoms with Crippen molar-refractivity contribution >= 4 is 27.4 Å². The number of ketones is 1. The molecule has 0 saturated carbocycles. The Morgan fingerprint density at radius 2 is 2.25 bits per heavy atom. The molecule has 0 bridgehead atoms. The van der Waals surface area contributed by atoms with E-state index in [1.807, 2.05) is 6.26 Å². The van der Waals surface area contributed by atoms with Crippen LogP contribution >= 0.6 is 21.6 Å². The second-order valence-corrected chi connectivity index (χ2v) is 4.13. The smallest absolute Gasteiger partial charge is 0.130 e. The van der Waals surface area contributed by atoms with Gasteiger partial charge < -0.3 is 0 Å². The summed E-state index contributed by atoms with van der Waals surface area (Å²) < 4.78 is 0. The topological polar surface area (TPSA) is 17.1 Å². The van der Waals surface area contributed by atoms with E-state index in [0.29, 0.717) is 6.42 Å². The summed E-state index contributed by atoms with van der Waals surface area (Å²) in [7, 11) is 3.44. The van der Waals surface area contributed by atoms with Gasteiger partial charge >= 0.3 is 0 Å². The zero-order chi connectivity index (χ0) is 6.41. The van der Waals surface area contributed by atoms with E-state index >= 15 is 0 Å². The number of carbonyl (C=O) groups excluding carboxylic acids is 1. The predicted octanol–water partition coefficient (Wildman–Crippen LogP) is 1.98. The highest BCUT2D eigenvalue weighted by atomic mass is 33.1. The quantitative estimate of drug-likeness (QED) is 0.450. The molecule has 0 radical (unpaired) electrons. The van der Waals surface area contributed by atoms with Crippen LogP contribution in [-0.4, -0.2) is 17.8 Å². The number of Topliss-reactive ketones (excluding diaryl/α,β-unsaturated/α-hetero) is 1. The molecule has 0 spiro atoms. The molecule has 0 heterocycles. The average molecular weight is 150 g/mol. The molecule has 0 rings (SSSR count). The van der Waals surface area contributed by atoms with E-state index in [4.69, 9.17) is 0 Å². The fraction of sp³-hybridized carbons (Fsp3) is 0.800.